The van der Waals surface area contributed by atoms with Gasteiger partial charge in [0.2, 0.25) is 0 Å². The van der Waals surface area contributed by atoms with Crippen molar-refractivity contribution in [2.75, 3.05) is 13.2 Å². The number of aromatic nitrogens is 1. The molecule has 3 aromatic rings. The van der Waals surface area contributed by atoms with Crippen LogP contribution in [-0.4, -0.2) is 63.0 Å². The maximum atomic E-state index is 10.7. The zero-order chi connectivity index (χ0) is 24.2. The van der Waals surface area contributed by atoms with Crippen molar-refractivity contribution >= 4 is 34.3 Å². The number of thiazole rings is 1. The Hall–Kier alpha value is -1.66. The second kappa shape index (κ2) is 11.4. The minimum absolute atomic E-state index is 0.177. The number of aliphatic hydroxyl groups excluding tert-OH is 4. The minimum atomic E-state index is -1.48. The summed E-state index contributed by atoms with van der Waals surface area (Å²) < 4.78 is 11.4. The highest BCUT2D eigenvalue weighted by molar-refractivity contribution is 7.21. The molecule has 2 aromatic heterocycles. The minimum Gasteiger partial charge on any atom is -0.394 e. The average molecular weight is 524 g/mol. The Labute approximate surface area is 210 Å². The summed E-state index contributed by atoms with van der Waals surface area (Å²) in [6.07, 6.45) is -2.40. The lowest BCUT2D eigenvalue weighted by Crippen LogP contribution is -2.55. The van der Waals surface area contributed by atoms with Gasteiger partial charge in [-0.1, -0.05) is 29.8 Å². The van der Waals surface area contributed by atoms with Crippen molar-refractivity contribution in [2.24, 2.45) is 0 Å². The van der Waals surface area contributed by atoms with Gasteiger partial charge in [0.05, 0.1) is 29.7 Å². The lowest BCUT2D eigenvalue weighted by Gasteiger charge is -2.41. The number of aliphatic hydroxyl groups is 4. The van der Waals surface area contributed by atoms with Crippen LogP contribution in [0.25, 0.3) is 9.75 Å². The van der Waals surface area contributed by atoms with Gasteiger partial charge in [-0.3, -0.25) is 0 Å². The number of thiophene rings is 1. The van der Waals surface area contributed by atoms with Crippen LogP contribution < -0.4 is 0 Å². The second-order valence-electron chi connectivity index (χ2n) is 7.97. The molecule has 1 aromatic carbocycles. The van der Waals surface area contributed by atoms with Crippen molar-refractivity contribution in [3.8, 4) is 9.75 Å². The van der Waals surface area contributed by atoms with Crippen LogP contribution in [0.4, 0.5) is 0 Å². The van der Waals surface area contributed by atoms with Crippen LogP contribution in [-0.2, 0) is 22.5 Å². The lowest BCUT2D eigenvalue weighted by atomic mass is 9.88. The van der Waals surface area contributed by atoms with Crippen molar-refractivity contribution < 1.29 is 29.9 Å². The molecule has 1 fully saturated rings. The molecular formula is C24H26ClNO6S2. The first-order chi connectivity index (χ1) is 16.4. The van der Waals surface area contributed by atoms with Gasteiger partial charge in [-0.15, -0.1) is 29.3 Å². The Bertz CT molecular complexity index is 1100. The maximum absolute atomic E-state index is 10.7. The monoisotopic (exact) mass is 523 g/mol. The first-order valence-corrected chi connectivity index (χ1v) is 12.8. The van der Waals surface area contributed by atoms with Crippen LogP contribution in [0.5, 0.6) is 0 Å². The van der Waals surface area contributed by atoms with Gasteiger partial charge in [0.25, 0.3) is 0 Å². The highest BCUT2D eigenvalue weighted by Gasteiger charge is 2.44. The van der Waals surface area contributed by atoms with Crippen molar-refractivity contribution in [3.63, 3.8) is 0 Å². The Morgan fingerprint density at radius 3 is 2.68 bits per heavy atom. The van der Waals surface area contributed by atoms with E-state index in [-0.39, 0.29) is 6.61 Å². The third-order valence-electron chi connectivity index (χ3n) is 5.66. The molecule has 1 aliphatic heterocycles. The van der Waals surface area contributed by atoms with Crippen LogP contribution in [0.15, 0.2) is 48.5 Å². The van der Waals surface area contributed by atoms with E-state index in [4.69, 9.17) is 21.1 Å². The molecule has 7 nitrogen and oxygen atoms in total. The summed E-state index contributed by atoms with van der Waals surface area (Å²) in [5.41, 5.74) is 2.00. The first kappa shape index (κ1) is 25.4. The van der Waals surface area contributed by atoms with E-state index < -0.39 is 37.1 Å². The molecule has 4 rings (SSSR count). The summed E-state index contributed by atoms with van der Waals surface area (Å²) >= 11 is 9.85. The van der Waals surface area contributed by atoms with Gasteiger partial charge in [0.1, 0.15) is 30.5 Å². The van der Waals surface area contributed by atoms with Gasteiger partial charge in [-0.05, 0) is 34.2 Å². The van der Waals surface area contributed by atoms with Crippen LogP contribution >= 0.6 is 34.3 Å². The molecule has 3 heterocycles. The smallest absolute Gasteiger partial charge is 0.113 e. The summed E-state index contributed by atoms with van der Waals surface area (Å²) in [5.74, 6) is 0. The first-order valence-electron chi connectivity index (χ1n) is 10.7. The summed E-state index contributed by atoms with van der Waals surface area (Å²) in [6.45, 7) is 3.63. The van der Waals surface area contributed by atoms with Crippen molar-refractivity contribution in [1.29, 1.82) is 0 Å². The summed E-state index contributed by atoms with van der Waals surface area (Å²) in [5, 5.41) is 44.2. The Balaban J connectivity index is 1.67. The molecule has 0 radical (unpaired) electrons. The largest absolute Gasteiger partial charge is 0.394 e. The Morgan fingerprint density at radius 1 is 1.15 bits per heavy atom. The van der Waals surface area contributed by atoms with Gasteiger partial charge < -0.3 is 29.9 Å². The summed E-state index contributed by atoms with van der Waals surface area (Å²) in [7, 11) is 0. The maximum Gasteiger partial charge on any atom is 0.113 e. The number of ether oxygens (including phenoxy) is 2. The molecule has 1 aliphatic rings. The second-order valence-corrected chi connectivity index (χ2v) is 10.4. The van der Waals surface area contributed by atoms with Crippen LogP contribution in [0, 0.1) is 0 Å². The van der Waals surface area contributed by atoms with Crippen molar-refractivity contribution in [1.82, 2.24) is 4.98 Å². The van der Waals surface area contributed by atoms with E-state index in [0.29, 0.717) is 29.2 Å². The highest BCUT2D eigenvalue weighted by Crippen LogP contribution is 2.38. The molecule has 5 atom stereocenters. The van der Waals surface area contributed by atoms with E-state index in [1.54, 1.807) is 34.8 Å². The summed E-state index contributed by atoms with van der Waals surface area (Å²) in [6, 6.07) is 7.61. The molecule has 182 valence electrons. The Morgan fingerprint density at radius 2 is 1.97 bits per heavy atom. The third kappa shape index (κ3) is 5.43. The van der Waals surface area contributed by atoms with Gasteiger partial charge in [0, 0.05) is 22.5 Å². The van der Waals surface area contributed by atoms with Gasteiger partial charge in [0.15, 0.2) is 0 Å². The predicted molar refractivity (Wildman–Crippen MR) is 132 cm³/mol. The topological polar surface area (TPSA) is 112 Å². The van der Waals surface area contributed by atoms with E-state index in [9.17, 15) is 20.4 Å². The normalized spacial score (nSPS) is 24.9. The van der Waals surface area contributed by atoms with Gasteiger partial charge in [-0.2, -0.15) is 0 Å². The molecule has 0 saturated carbocycles. The van der Waals surface area contributed by atoms with Crippen molar-refractivity contribution in [3.05, 3.63) is 75.2 Å². The lowest BCUT2D eigenvalue weighted by molar-refractivity contribution is -0.232. The third-order valence-corrected chi connectivity index (χ3v) is 8.07. The molecule has 0 unspecified atom stereocenters. The number of halogens is 1. The number of hydrogen-bond acceptors (Lipinski definition) is 9. The fourth-order valence-corrected chi connectivity index (χ4v) is 5.92. The Kier molecular flexibility index (Phi) is 8.52. The van der Waals surface area contributed by atoms with Crippen LogP contribution in [0.1, 0.15) is 27.8 Å². The summed E-state index contributed by atoms with van der Waals surface area (Å²) in [4.78, 5) is 6.76. The van der Waals surface area contributed by atoms with E-state index in [1.165, 1.54) is 0 Å². The van der Waals surface area contributed by atoms with Crippen LogP contribution in [0.3, 0.4) is 0 Å². The molecular weight excluding hydrogens is 498 g/mol. The van der Waals surface area contributed by atoms with E-state index in [1.807, 2.05) is 29.8 Å². The fourth-order valence-electron chi connectivity index (χ4n) is 3.90. The average Bonchev–Trinajstić information content (AvgIpc) is 3.52. The fraction of sp³-hybridized carbons (Fsp3) is 0.375. The van der Waals surface area contributed by atoms with Crippen molar-refractivity contribution in [2.45, 2.75) is 43.5 Å². The van der Waals surface area contributed by atoms with E-state index in [0.717, 1.165) is 20.3 Å². The zero-order valence-electron chi connectivity index (χ0n) is 18.2. The number of hydrogen-bond donors (Lipinski definition) is 4. The van der Waals surface area contributed by atoms with E-state index >= 15 is 0 Å². The zero-order valence-corrected chi connectivity index (χ0v) is 20.6. The van der Waals surface area contributed by atoms with Gasteiger partial charge in [-0.25, -0.2) is 4.98 Å². The molecule has 34 heavy (non-hydrogen) atoms. The van der Waals surface area contributed by atoms with Gasteiger partial charge >= 0.3 is 0 Å². The molecule has 0 aliphatic carbocycles. The molecule has 0 spiro atoms. The molecule has 0 bridgehead atoms. The molecule has 1 saturated heterocycles. The molecule has 10 heteroatoms. The number of nitrogens with zero attached hydrogens (tertiary/aromatic N) is 1. The highest BCUT2D eigenvalue weighted by atomic mass is 35.5. The number of benzene rings is 1. The quantitative estimate of drug-likeness (QED) is 0.251. The van der Waals surface area contributed by atoms with Crippen LogP contribution in [0.2, 0.25) is 5.02 Å². The SMILES string of the molecule is C=CCOCc1cc(Cl)c(Cc2ncc(-c3cccs3)s2)cc1[C@@H]1O[C@H](CO)[C@@H](O)[C@H](O)[C@H]1O. The molecule has 0 amide bonds. The standard InChI is InChI=1S/C24H26ClNO6S2/c1-2-5-31-12-14-8-16(25)13(9-20-26-10-19(34-20)18-4-3-6-33-18)7-15(14)24-23(30)22(29)21(28)17(11-27)32-24/h2-4,6-8,10,17,21-24,27-30H,1,5,9,11-12H2/t17-,21-,22+,23-,24+/m1/s1. The number of rotatable bonds is 9. The van der Waals surface area contributed by atoms with E-state index in [2.05, 4.69) is 11.6 Å². The molecule has 4 N–H and O–H groups in total. The predicted octanol–water partition coefficient (Wildman–Crippen LogP) is 3.33.